The second-order valence-electron chi connectivity index (χ2n) is 3.77. The van der Waals surface area contributed by atoms with Crippen LogP contribution in [0.5, 0.6) is 0 Å². The molecule has 0 aliphatic carbocycles. The van der Waals surface area contributed by atoms with Crippen molar-refractivity contribution in [2.45, 2.75) is 31.8 Å². The maximum Gasteiger partial charge on any atom is 0.311 e. The van der Waals surface area contributed by atoms with Crippen LogP contribution in [0.4, 0.5) is 0 Å². The van der Waals surface area contributed by atoms with Gasteiger partial charge < -0.3 is 14.4 Å². The van der Waals surface area contributed by atoms with Gasteiger partial charge in [0.15, 0.2) is 5.82 Å². The molecule has 1 aliphatic rings. The molecule has 6 heteroatoms. The van der Waals surface area contributed by atoms with Gasteiger partial charge >= 0.3 is 5.97 Å². The Labute approximate surface area is 86.2 Å². The number of aromatic nitrogens is 2. The number of carboxylic acids is 1. The molecule has 0 radical (unpaired) electrons. The fourth-order valence-corrected chi connectivity index (χ4v) is 1.62. The fraction of sp³-hybridized carbons (Fsp3) is 0.667. The van der Waals surface area contributed by atoms with Crippen LogP contribution in [0.1, 0.15) is 31.5 Å². The second kappa shape index (κ2) is 3.62. The molecular weight excluding hydrogens is 200 g/mol. The molecule has 1 N–H and O–H groups in total. The largest absolute Gasteiger partial charge is 0.481 e. The molecule has 2 rings (SSSR count). The van der Waals surface area contributed by atoms with Gasteiger partial charge in [0.1, 0.15) is 12.0 Å². The molecule has 1 saturated heterocycles. The summed E-state index contributed by atoms with van der Waals surface area (Å²) in [5.41, 5.74) is -0.538. The molecule has 0 saturated carbocycles. The van der Waals surface area contributed by atoms with Crippen LogP contribution in [-0.2, 0) is 21.6 Å². The van der Waals surface area contributed by atoms with Gasteiger partial charge in [-0.25, -0.2) is 0 Å². The molecule has 1 fully saturated rings. The first-order chi connectivity index (χ1) is 7.10. The Morgan fingerprint density at radius 1 is 1.67 bits per heavy atom. The molecule has 1 aromatic rings. The molecular formula is C9H12N2O4. The molecule has 1 atom stereocenters. The van der Waals surface area contributed by atoms with Crippen LogP contribution >= 0.6 is 0 Å². The topological polar surface area (TPSA) is 85.5 Å². The van der Waals surface area contributed by atoms with Gasteiger partial charge in [-0.1, -0.05) is 5.16 Å². The van der Waals surface area contributed by atoms with Crippen LogP contribution in [0.3, 0.4) is 0 Å². The lowest BCUT2D eigenvalue weighted by molar-refractivity contribution is -0.136. The van der Waals surface area contributed by atoms with Crippen molar-refractivity contribution in [2.24, 2.45) is 0 Å². The monoisotopic (exact) mass is 212 g/mol. The van der Waals surface area contributed by atoms with Crippen LogP contribution in [0.2, 0.25) is 0 Å². The predicted molar refractivity (Wildman–Crippen MR) is 48.2 cm³/mol. The molecule has 1 aromatic heterocycles. The van der Waals surface area contributed by atoms with Gasteiger partial charge in [0, 0.05) is 6.61 Å². The zero-order chi connectivity index (χ0) is 10.9. The standard InChI is InChI=1S/C9H12N2O4/c1-9(3-2-4-14-9)8-10-6(11-15-8)5-7(12)13/h2-5H2,1H3,(H,12,13). The quantitative estimate of drug-likeness (QED) is 0.794. The summed E-state index contributed by atoms with van der Waals surface area (Å²) in [5.74, 6) is -0.412. The van der Waals surface area contributed by atoms with Gasteiger partial charge in [0.25, 0.3) is 5.89 Å². The number of aliphatic carboxylic acids is 1. The first-order valence-electron chi connectivity index (χ1n) is 4.79. The SMILES string of the molecule is CC1(c2nc(CC(=O)O)no2)CCCO1. The average molecular weight is 212 g/mol. The Morgan fingerprint density at radius 3 is 3.07 bits per heavy atom. The van der Waals surface area contributed by atoms with Gasteiger partial charge in [0.2, 0.25) is 0 Å². The molecule has 6 nitrogen and oxygen atoms in total. The number of rotatable bonds is 3. The number of nitrogens with zero attached hydrogens (tertiary/aromatic N) is 2. The van der Waals surface area contributed by atoms with Crippen LogP contribution in [0.25, 0.3) is 0 Å². The van der Waals surface area contributed by atoms with Crippen LogP contribution in [0, 0.1) is 0 Å². The second-order valence-corrected chi connectivity index (χ2v) is 3.77. The zero-order valence-electron chi connectivity index (χ0n) is 8.39. The molecule has 2 heterocycles. The predicted octanol–water partition coefficient (Wildman–Crippen LogP) is 0.722. The lowest BCUT2D eigenvalue weighted by atomic mass is 10.0. The van der Waals surface area contributed by atoms with Crippen molar-refractivity contribution in [1.82, 2.24) is 10.1 Å². The van der Waals surface area contributed by atoms with E-state index in [9.17, 15) is 4.79 Å². The minimum absolute atomic E-state index is 0.189. The van der Waals surface area contributed by atoms with E-state index in [4.69, 9.17) is 14.4 Å². The highest BCUT2D eigenvalue weighted by Crippen LogP contribution is 2.34. The number of hydrogen-bond acceptors (Lipinski definition) is 5. The highest BCUT2D eigenvalue weighted by Gasteiger charge is 2.37. The molecule has 0 bridgehead atoms. The summed E-state index contributed by atoms with van der Waals surface area (Å²) >= 11 is 0. The third-order valence-corrected chi connectivity index (χ3v) is 2.45. The lowest BCUT2D eigenvalue weighted by Crippen LogP contribution is -2.20. The van der Waals surface area contributed by atoms with E-state index < -0.39 is 11.6 Å². The van der Waals surface area contributed by atoms with Crippen LogP contribution in [0.15, 0.2) is 4.52 Å². The fourth-order valence-electron chi connectivity index (χ4n) is 1.62. The number of carboxylic acid groups (broad SMARTS) is 1. The van der Waals surface area contributed by atoms with Crippen molar-refractivity contribution in [3.05, 3.63) is 11.7 Å². The smallest absolute Gasteiger partial charge is 0.311 e. The normalized spacial score (nSPS) is 25.7. The zero-order valence-corrected chi connectivity index (χ0v) is 8.39. The molecule has 0 aromatic carbocycles. The minimum Gasteiger partial charge on any atom is -0.481 e. The van der Waals surface area contributed by atoms with E-state index in [1.165, 1.54) is 0 Å². The van der Waals surface area contributed by atoms with E-state index in [-0.39, 0.29) is 12.2 Å². The summed E-state index contributed by atoms with van der Waals surface area (Å²) in [7, 11) is 0. The maximum atomic E-state index is 10.4. The molecule has 0 spiro atoms. The van der Waals surface area contributed by atoms with E-state index in [1.807, 2.05) is 6.92 Å². The molecule has 1 unspecified atom stereocenters. The molecule has 1 aliphatic heterocycles. The highest BCUT2D eigenvalue weighted by molar-refractivity contribution is 5.68. The van der Waals surface area contributed by atoms with Crippen LogP contribution in [-0.4, -0.2) is 27.8 Å². The van der Waals surface area contributed by atoms with Gasteiger partial charge in [-0.05, 0) is 19.8 Å². The van der Waals surface area contributed by atoms with E-state index in [1.54, 1.807) is 0 Å². The summed E-state index contributed by atoms with van der Waals surface area (Å²) in [6.45, 7) is 2.55. The first-order valence-corrected chi connectivity index (χ1v) is 4.79. The lowest BCUT2D eigenvalue weighted by Gasteiger charge is -2.16. The first kappa shape index (κ1) is 10.1. The summed E-state index contributed by atoms with van der Waals surface area (Å²) in [4.78, 5) is 14.4. The van der Waals surface area contributed by atoms with Crippen LogP contribution < -0.4 is 0 Å². The molecule has 0 amide bonds. The van der Waals surface area contributed by atoms with E-state index >= 15 is 0 Å². The average Bonchev–Trinajstić information content (AvgIpc) is 2.74. The molecule has 82 valence electrons. The minimum atomic E-state index is -0.972. The highest BCUT2D eigenvalue weighted by atomic mass is 16.5. The third-order valence-electron chi connectivity index (χ3n) is 2.45. The molecule has 15 heavy (non-hydrogen) atoms. The summed E-state index contributed by atoms with van der Waals surface area (Å²) in [6.07, 6.45) is 1.55. The number of ether oxygens (including phenoxy) is 1. The van der Waals surface area contributed by atoms with Gasteiger partial charge in [-0.15, -0.1) is 0 Å². The Kier molecular flexibility index (Phi) is 2.44. The maximum absolute atomic E-state index is 10.4. The van der Waals surface area contributed by atoms with Crippen molar-refractivity contribution in [1.29, 1.82) is 0 Å². The van der Waals surface area contributed by atoms with Gasteiger partial charge in [-0.3, -0.25) is 4.79 Å². The van der Waals surface area contributed by atoms with Crippen molar-refractivity contribution in [3.8, 4) is 0 Å². The Morgan fingerprint density at radius 2 is 2.47 bits per heavy atom. The van der Waals surface area contributed by atoms with Crippen molar-refractivity contribution >= 4 is 5.97 Å². The summed E-state index contributed by atoms with van der Waals surface area (Å²) in [5, 5.41) is 12.2. The van der Waals surface area contributed by atoms with Gasteiger partial charge in [0.05, 0.1) is 0 Å². The van der Waals surface area contributed by atoms with E-state index in [2.05, 4.69) is 10.1 Å². The number of hydrogen-bond donors (Lipinski definition) is 1. The van der Waals surface area contributed by atoms with Crippen molar-refractivity contribution in [3.63, 3.8) is 0 Å². The Hall–Kier alpha value is -1.43. The third kappa shape index (κ3) is 1.99. The van der Waals surface area contributed by atoms with E-state index in [0.29, 0.717) is 12.5 Å². The summed E-state index contributed by atoms with van der Waals surface area (Å²) in [6, 6.07) is 0. The van der Waals surface area contributed by atoms with Gasteiger partial charge in [-0.2, -0.15) is 4.98 Å². The van der Waals surface area contributed by atoms with E-state index in [0.717, 1.165) is 12.8 Å². The summed E-state index contributed by atoms with van der Waals surface area (Å²) < 4.78 is 10.5. The Balaban J connectivity index is 2.15. The number of carbonyl (C=O) groups is 1. The Bertz CT molecular complexity index is 368. The van der Waals surface area contributed by atoms with Crippen molar-refractivity contribution in [2.75, 3.05) is 6.61 Å². The van der Waals surface area contributed by atoms with Crippen molar-refractivity contribution < 1.29 is 19.2 Å².